The molecule has 6 nitrogen and oxygen atoms in total. The standard InChI is InChI=1S/C17H26N2O4/c1-4-22-16(20)11-18-10-15(13(2)3)19-17(21)23-12-14-8-6-5-7-9-14/h5-9,13,15,18H,4,10-12H2,1-3H3,(H,19,21)/t15-/m0/s1. The average molecular weight is 322 g/mol. The molecular formula is C17H26N2O4. The minimum atomic E-state index is -0.467. The van der Waals surface area contributed by atoms with Crippen molar-refractivity contribution in [1.29, 1.82) is 0 Å². The van der Waals surface area contributed by atoms with E-state index in [0.717, 1.165) is 5.56 Å². The van der Waals surface area contributed by atoms with Crippen LogP contribution in [0.5, 0.6) is 0 Å². The molecule has 1 amide bonds. The molecule has 0 saturated carbocycles. The Morgan fingerprint density at radius 3 is 2.43 bits per heavy atom. The van der Waals surface area contributed by atoms with Gasteiger partial charge in [0, 0.05) is 12.6 Å². The molecule has 23 heavy (non-hydrogen) atoms. The number of ether oxygens (including phenoxy) is 2. The molecule has 0 spiro atoms. The quantitative estimate of drug-likeness (QED) is 0.681. The lowest BCUT2D eigenvalue weighted by molar-refractivity contribution is -0.142. The smallest absolute Gasteiger partial charge is 0.407 e. The third kappa shape index (κ3) is 8.21. The monoisotopic (exact) mass is 322 g/mol. The van der Waals surface area contributed by atoms with E-state index in [4.69, 9.17) is 9.47 Å². The fourth-order valence-corrected chi connectivity index (χ4v) is 1.91. The zero-order valence-corrected chi connectivity index (χ0v) is 14.0. The number of nitrogens with one attached hydrogen (secondary N) is 2. The third-order valence-electron chi connectivity index (χ3n) is 3.26. The minimum Gasteiger partial charge on any atom is -0.465 e. The lowest BCUT2D eigenvalue weighted by Gasteiger charge is -2.22. The molecule has 0 unspecified atom stereocenters. The van der Waals surface area contributed by atoms with Gasteiger partial charge in [-0.05, 0) is 18.4 Å². The van der Waals surface area contributed by atoms with Gasteiger partial charge < -0.3 is 20.1 Å². The Morgan fingerprint density at radius 2 is 1.83 bits per heavy atom. The number of hydrogen-bond donors (Lipinski definition) is 2. The number of benzene rings is 1. The van der Waals surface area contributed by atoms with Crippen LogP contribution in [0.2, 0.25) is 0 Å². The van der Waals surface area contributed by atoms with Gasteiger partial charge in [-0.25, -0.2) is 4.79 Å². The predicted molar refractivity (Wildman–Crippen MR) is 87.9 cm³/mol. The Kier molecular flexibility index (Phi) is 8.75. The molecule has 0 fully saturated rings. The van der Waals surface area contributed by atoms with Crippen LogP contribution in [0.4, 0.5) is 4.79 Å². The summed E-state index contributed by atoms with van der Waals surface area (Å²) < 4.78 is 10.0. The van der Waals surface area contributed by atoms with Crippen molar-refractivity contribution >= 4 is 12.1 Å². The summed E-state index contributed by atoms with van der Waals surface area (Å²) >= 11 is 0. The van der Waals surface area contributed by atoms with E-state index < -0.39 is 6.09 Å². The fourth-order valence-electron chi connectivity index (χ4n) is 1.91. The largest absolute Gasteiger partial charge is 0.465 e. The number of carbonyl (C=O) groups is 2. The average Bonchev–Trinajstić information content (AvgIpc) is 2.53. The maximum absolute atomic E-state index is 11.9. The first kappa shape index (κ1) is 19.0. The zero-order chi connectivity index (χ0) is 17.1. The molecule has 1 rings (SSSR count). The second kappa shape index (κ2) is 10.6. The second-order valence-corrected chi connectivity index (χ2v) is 5.49. The molecule has 1 atom stereocenters. The van der Waals surface area contributed by atoms with Gasteiger partial charge in [0.1, 0.15) is 6.61 Å². The summed E-state index contributed by atoms with van der Waals surface area (Å²) in [6.45, 7) is 6.93. The van der Waals surface area contributed by atoms with Crippen LogP contribution in [0, 0.1) is 5.92 Å². The van der Waals surface area contributed by atoms with Crippen molar-refractivity contribution in [2.75, 3.05) is 19.7 Å². The minimum absolute atomic E-state index is 0.123. The van der Waals surface area contributed by atoms with Crippen molar-refractivity contribution < 1.29 is 19.1 Å². The highest BCUT2D eigenvalue weighted by Gasteiger charge is 2.17. The number of carbonyl (C=O) groups excluding carboxylic acids is 2. The molecule has 0 aliphatic carbocycles. The number of hydrogen-bond acceptors (Lipinski definition) is 5. The Hall–Kier alpha value is -2.08. The molecule has 2 N–H and O–H groups in total. The highest BCUT2D eigenvalue weighted by Crippen LogP contribution is 2.03. The molecule has 1 aromatic rings. The highest BCUT2D eigenvalue weighted by atomic mass is 16.5. The predicted octanol–water partition coefficient (Wildman–Crippen LogP) is 2.09. The van der Waals surface area contributed by atoms with Crippen molar-refractivity contribution in [3.63, 3.8) is 0 Å². The van der Waals surface area contributed by atoms with Gasteiger partial charge in [0.25, 0.3) is 0 Å². The van der Waals surface area contributed by atoms with Crippen molar-refractivity contribution in [3.05, 3.63) is 35.9 Å². The van der Waals surface area contributed by atoms with E-state index in [0.29, 0.717) is 13.2 Å². The van der Waals surface area contributed by atoms with Gasteiger partial charge in [-0.15, -0.1) is 0 Å². The van der Waals surface area contributed by atoms with E-state index in [9.17, 15) is 9.59 Å². The molecule has 128 valence electrons. The summed E-state index contributed by atoms with van der Waals surface area (Å²) in [7, 11) is 0. The van der Waals surface area contributed by atoms with Crippen LogP contribution in [-0.4, -0.2) is 37.8 Å². The van der Waals surface area contributed by atoms with Gasteiger partial charge in [-0.1, -0.05) is 44.2 Å². The Bertz CT molecular complexity index is 477. The van der Waals surface area contributed by atoms with Crippen LogP contribution in [0.1, 0.15) is 26.3 Å². The normalized spacial score (nSPS) is 11.8. The van der Waals surface area contributed by atoms with Gasteiger partial charge >= 0.3 is 12.1 Å². The number of rotatable bonds is 9. The molecule has 0 radical (unpaired) electrons. The maximum atomic E-state index is 11.9. The highest BCUT2D eigenvalue weighted by molar-refractivity contribution is 5.71. The van der Waals surface area contributed by atoms with Gasteiger partial charge in [-0.2, -0.15) is 0 Å². The Labute approximate surface area is 137 Å². The van der Waals surface area contributed by atoms with Crippen molar-refractivity contribution in [1.82, 2.24) is 10.6 Å². The summed E-state index contributed by atoms with van der Waals surface area (Å²) in [6.07, 6.45) is -0.467. The van der Waals surface area contributed by atoms with Crippen LogP contribution in [0.15, 0.2) is 30.3 Å². The van der Waals surface area contributed by atoms with E-state index in [1.165, 1.54) is 0 Å². The molecular weight excluding hydrogens is 296 g/mol. The number of amides is 1. The lowest BCUT2D eigenvalue weighted by Crippen LogP contribution is -2.46. The molecule has 0 aliphatic rings. The first-order chi connectivity index (χ1) is 11.0. The Morgan fingerprint density at radius 1 is 1.13 bits per heavy atom. The third-order valence-corrected chi connectivity index (χ3v) is 3.26. The summed E-state index contributed by atoms with van der Waals surface area (Å²) in [5.41, 5.74) is 0.934. The summed E-state index contributed by atoms with van der Waals surface area (Å²) in [4.78, 5) is 23.2. The molecule has 0 aromatic heterocycles. The van der Waals surface area contributed by atoms with Crippen LogP contribution in [-0.2, 0) is 20.9 Å². The summed E-state index contributed by atoms with van der Waals surface area (Å²) in [5, 5.41) is 5.80. The van der Waals surface area contributed by atoms with Crippen molar-refractivity contribution in [3.8, 4) is 0 Å². The summed E-state index contributed by atoms with van der Waals surface area (Å²) in [5.74, 6) is -0.101. The molecule has 0 bridgehead atoms. The van der Waals surface area contributed by atoms with Crippen LogP contribution in [0.25, 0.3) is 0 Å². The van der Waals surface area contributed by atoms with Gasteiger partial charge in [0.2, 0.25) is 0 Å². The first-order valence-electron chi connectivity index (χ1n) is 7.86. The van der Waals surface area contributed by atoms with E-state index in [-0.39, 0.29) is 31.1 Å². The summed E-state index contributed by atoms with van der Waals surface area (Å²) in [6, 6.07) is 9.36. The second-order valence-electron chi connectivity index (χ2n) is 5.49. The maximum Gasteiger partial charge on any atom is 0.407 e. The number of esters is 1. The topological polar surface area (TPSA) is 76.7 Å². The lowest BCUT2D eigenvalue weighted by atomic mass is 10.0. The fraction of sp³-hybridized carbons (Fsp3) is 0.529. The van der Waals surface area contributed by atoms with Gasteiger partial charge in [0.15, 0.2) is 0 Å². The SMILES string of the molecule is CCOC(=O)CNC[C@H](NC(=O)OCc1ccccc1)C(C)C. The van der Waals surface area contributed by atoms with Crippen molar-refractivity contribution in [2.45, 2.75) is 33.4 Å². The van der Waals surface area contributed by atoms with E-state index >= 15 is 0 Å². The van der Waals surface area contributed by atoms with Gasteiger partial charge in [-0.3, -0.25) is 4.79 Å². The van der Waals surface area contributed by atoms with Crippen molar-refractivity contribution in [2.24, 2.45) is 5.92 Å². The number of alkyl carbamates (subject to hydrolysis) is 1. The van der Waals surface area contributed by atoms with Crippen LogP contribution >= 0.6 is 0 Å². The molecule has 0 saturated heterocycles. The molecule has 1 aromatic carbocycles. The molecule has 6 heteroatoms. The van der Waals surface area contributed by atoms with Crippen LogP contribution in [0.3, 0.4) is 0 Å². The molecule has 0 heterocycles. The Balaban J connectivity index is 2.33. The van der Waals surface area contributed by atoms with E-state index in [1.54, 1.807) is 6.92 Å². The van der Waals surface area contributed by atoms with E-state index in [1.807, 2.05) is 44.2 Å². The zero-order valence-electron chi connectivity index (χ0n) is 14.0. The van der Waals surface area contributed by atoms with E-state index in [2.05, 4.69) is 10.6 Å². The first-order valence-corrected chi connectivity index (χ1v) is 7.86. The molecule has 0 aliphatic heterocycles. The van der Waals surface area contributed by atoms with Crippen LogP contribution < -0.4 is 10.6 Å². The van der Waals surface area contributed by atoms with Gasteiger partial charge in [0.05, 0.1) is 13.2 Å².